The molecule has 9 heteroatoms. The molecule has 30 heavy (non-hydrogen) atoms. The SMILES string of the molecule is O=Cc1cc(N2CC3C[C@H]2CN3)c2cc(Oc3ccc(C(F)(F)F)cn3)ccc2n1. The number of pyridine rings is 2. The third kappa shape index (κ3) is 3.35. The van der Waals surface area contributed by atoms with Crippen LogP contribution in [0, 0.1) is 0 Å². The van der Waals surface area contributed by atoms with Crippen molar-refractivity contribution in [1.82, 2.24) is 15.3 Å². The smallest absolute Gasteiger partial charge is 0.417 e. The highest BCUT2D eigenvalue weighted by Gasteiger charge is 2.38. The van der Waals surface area contributed by atoms with Gasteiger partial charge in [0.25, 0.3) is 0 Å². The number of benzene rings is 1. The summed E-state index contributed by atoms with van der Waals surface area (Å²) in [7, 11) is 0. The van der Waals surface area contributed by atoms with Gasteiger partial charge < -0.3 is 15.0 Å². The summed E-state index contributed by atoms with van der Waals surface area (Å²) in [5, 5.41) is 4.27. The molecule has 6 nitrogen and oxygen atoms in total. The molecule has 4 heterocycles. The van der Waals surface area contributed by atoms with Gasteiger partial charge in [-0.05, 0) is 36.8 Å². The van der Waals surface area contributed by atoms with Crippen molar-refractivity contribution in [3.8, 4) is 11.6 Å². The summed E-state index contributed by atoms with van der Waals surface area (Å²) in [6.07, 6.45) is -1.93. The molecule has 1 N–H and O–H groups in total. The van der Waals surface area contributed by atoms with Gasteiger partial charge in [0, 0.05) is 48.5 Å². The van der Waals surface area contributed by atoms with Crippen LogP contribution in [0.5, 0.6) is 11.6 Å². The van der Waals surface area contributed by atoms with E-state index in [1.165, 1.54) is 6.07 Å². The number of carbonyl (C=O) groups is 1. The molecule has 2 saturated heterocycles. The molecule has 2 atom stereocenters. The largest absolute Gasteiger partial charge is 0.439 e. The van der Waals surface area contributed by atoms with E-state index in [-0.39, 0.29) is 5.88 Å². The Morgan fingerprint density at radius 1 is 1.20 bits per heavy atom. The highest BCUT2D eigenvalue weighted by molar-refractivity contribution is 5.96. The Labute approximate surface area is 169 Å². The van der Waals surface area contributed by atoms with E-state index < -0.39 is 11.7 Å². The van der Waals surface area contributed by atoms with Gasteiger partial charge in [0.15, 0.2) is 6.29 Å². The molecule has 154 valence electrons. The van der Waals surface area contributed by atoms with Crippen LogP contribution < -0.4 is 15.0 Å². The van der Waals surface area contributed by atoms with Crippen molar-refractivity contribution in [2.24, 2.45) is 0 Å². The van der Waals surface area contributed by atoms with Gasteiger partial charge in [-0.3, -0.25) is 4.79 Å². The molecule has 5 rings (SSSR count). The van der Waals surface area contributed by atoms with Crippen molar-refractivity contribution in [3.05, 3.63) is 53.9 Å². The number of fused-ring (bicyclic) bond motifs is 3. The molecule has 2 aliphatic rings. The normalized spacial score (nSPS) is 20.7. The molecular formula is C21H17F3N4O2. The average molecular weight is 414 g/mol. The molecule has 2 bridgehead atoms. The first kappa shape index (κ1) is 18.8. The standard InChI is InChI=1S/C21H17F3N4O2/c22-21(23,24)12-1-4-20(26-8-12)30-16-2-3-18-17(7-16)19(6-14(11-29)27-18)28-10-13-5-15(28)9-25-13/h1-4,6-8,11,13,15,25H,5,9-10H2/t13?,15-/m0/s1. The molecule has 0 spiro atoms. The second kappa shape index (κ2) is 6.94. The van der Waals surface area contributed by atoms with Crippen molar-refractivity contribution in [2.45, 2.75) is 24.7 Å². The zero-order valence-corrected chi connectivity index (χ0v) is 15.7. The minimum Gasteiger partial charge on any atom is -0.439 e. The quantitative estimate of drug-likeness (QED) is 0.655. The summed E-state index contributed by atoms with van der Waals surface area (Å²) < 4.78 is 43.8. The second-order valence-electron chi connectivity index (χ2n) is 7.50. The first-order valence-electron chi connectivity index (χ1n) is 9.52. The Kier molecular flexibility index (Phi) is 4.35. The molecule has 1 aromatic carbocycles. The van der Waals surface area contributed by atoms with Crippen LogP contribution in [0.2, 0.25) is 0 Å². The molecule has 2 aliphatic heterocycles. The number of carbonyl (C=O) groups excluding carboxylic acids is 1. The third-order valence-electron chi connectivity index (χ3n) is 5.55. The van der Waals surface area contributed by atoms with Gasteiger partial charge in [-0.1, -0.05) is 0 Å². The number of nitrogens with zero attached hydrogens (tertiary/aromatic N) is 3. The Morgan fingerprint density at radius 3 is 2.70 bits per heavy atom. The van der Waals surface area contributed by atoms with E-state index in [4.69, 9.17) is 4.74 Å². The van der Waals surface area contributed by atoms with Gasteiger partial charge in [-0.2, -0.15) is 13.2 Å². The van der Waals surface area contributed by atoms with Crippen LogP contribution in [0.25, 0.3) is 10.9 Å². The molecule has 0 aliphatic carbocycles. The number of nitrogens with one attached hydrogen (secondary N) is 1. The van der Waals surface area contributed by atoms with Crippen LogP contribution in [-0.2, 0) is 6.18 Å². The van der Waals surface area contributed by atoms with E-state index in [2.05, 4.69) is 20.2 Å². The highest BCUT2D eigenvalue weighted by Crippen LogP contribution is 2.37. The summed E-state index contributed by atoms with van der Waals surface area (Å²) in [4.78, 5) is 21.8. The maximum absolute atomic E-state index is 12.7. The van der Waals surface area contributed by atoms with E-state index in [9.17, 15) is 18.0 Å². The Hall–Kier alpha value is -3.20. The van der Waals surface area contributed by atoms with Gasteiger partial charge in [-0.25, -0.2) is 9.97 Å². The second-order valence-corrected chi connectivity index (χ2v) is 7.50. The van der Waals surface area contributed by atoms with Gasteiger partial charge in [0.1, 0.15) is 11.4 Å². The van der Waals surface area contributed by atoms with Gasteiger partial charge in [0.05, 0.1) is 11.1 Å². The maximum atomic E-state index is 12.7. The summed E-state index contributed by atoms with van der Waals surface area (Å²) >= 11 is 0. The predicted octanol–water partition coefficient (Wildman–Crippen LogP) is 3.80. The van der Waals surface area contributed by atoms with Crippen LogP contribution in [0.15, 0.2) is 42.6 Å². The monoisotopic (exact) mass is 414 g/mol. The molecule has 0 saturated carbocycles. The van der Waals surface area contributed by atoms with Crippen LogP contribution in [0.1, 0.15) is 22.5 Å². The summed E-state index contributed by atoms with van der Waals surface area (Å²) in [6, 6.07) is 9.84. The number of hydrogen-bond acceptors (Lipinski definition) is 6. The fourth-order valence-electron chi connectivity index (χ4n) is 4.15. The summed E-state index contributed by atoms with van der Waals surface area (Å²) in [6.45, 7) is 1.73. The van der Waals surface area contributed by atoms with Crippen molar-refractivity contribution in [3.63, 3.8) is 0 Å². The molecule has 0 radical (unpaired) electrons. The number of aromatic nitrogens is 2. The van der Waals surface area contributed by atoms with Gasteiger partial charge in [0.2, 0.25) is 5.88 Å². The molecule has 3 aromatic rings. The van der Waals surface area contributed by atoms with Crippen molar-refractivity contribution >= 4 is 22.9 Å². The Bertz CT molecular complexity index is 1120. The number of anilines is 1. The lowest BCUT2D eigenvalue weighted by atomic mass is 10.1. The van der Waals surface area contributed by atoms with Crippen LogP contribution in [0.4, 0.5) is 18.9 Å². The van der Waals surface area contributed by atoms with E-state index in [0.717, 1.165) is 49.1 Å². The Morgan fingerprint density at radius 2 is 2.07 bits per heavy atom. The number of alkyl halides is 3. The van der Waals surface area contributed by atoms with E-state index in [1.807, 2.05) is 0 Å². The highest BCUT2D eigenvalue weighted by atomic mass is 19.4. The van der Waals surface area contributed by atoms with E-state index in [1.54, 1.807) is 24.3 Å². The first-order chi connectivity index (χ1) is 14.4. The zero-order chi connectivity index (χ0) is 20.9. The zero-order valence-electron chi connectivity index (χ0n) is 15.7. The number of hydrogen-bond donors (Lipinski definition) is 1. The number of aldehydes is 1. The van der Waals surface area contributed by atoms with E-state index in [0.29, 0.717) is 29.0 Å². The number of halogens is 3. The van der Waals surface area contributed by atoms with Gasteiger partial charge in [-0.15, -0.1) is 0 Å². The van der Waals surface area contributed by atoms with E-state index >= 15 is 0 Å². The fraction of sp³-hybridized carbons (Fsp3) is 0.286. The molecule has 1 unspecified atom stereocenters. The van der Waals surface area contributed by atoms with Crippen LogP contribution in [0.3, 0.4) is 0 Å². The minimum atomic E-state index is -4.45. The Balaban J connectivity index is 1.50. The average Bonchev–Trinajstić information content (AvgIpc) is 3.36. The van der Waals surface area contributed by atoms with Crippen molar-refractivity contribution < 1.29 is 22.7 Å². The number of piperazine rings is 1. The lowest BCUT2D eigenvalue weighted by molar-refractivity contribution is -0.137. The summed E-state index contributed by atoms with van der Waals surface area (Å²) in [5.74, 6) is 0.491. The molecule has 0 amide bonds. The molecule has 2 fully saturated rings. The lowest BCUT2D eigenvalue weighted by Gasteiger charge is -2.30. The van der Waals surface area contributed by atoms with Gasteiger partial charge >= 0.3 is 6.18 Å². The maximum Gasteiger partial charge on any atom is 0.417 e. The minimum absolute atomic E-state index is 0.0609. The molecule has 2 aromatic heterocycles. The molecular weight excluding hydrogens is 397 g/mol. The number of ether oxygens (including phenoxy) is 1. The third-order valence-corrected chi connectivity index (χ3v) is 5.55. The topological polar surface area (TPSA) is 67.4 Å². The number of rotatable bonds is 4. The van der Waals surface area contributed by atoms with Crippen LogP contribution >= 0.6 is 0 Å². The lowest BCUT2D eigenvalue weighted by Crippen LogP contribution is -2.43. The summed E-state index contributed by atoms with van der Waals surface area (Å²) in [5.41, 5.74) is 1.07. The van der Waals surface area contributed by atoms with Crippen molar-refractivity contribution in [1.29, 1.82) is 0 Å². The first-order valence-corrected chi connectivity index (χ1v) is 9.52. The van der Waals surface area contributed by atoms with Crippen LogP contribution in [-0.4, -0.2) is 41.4 Å². The van der Waals surface area contributed by atoms with Crippen molar-refractivity contribution in [2.75, 3.05) is 18.0 Å². The fourth-order valence-corrected chi connectivity index (χ4v) is 4.15. The predicted molar refractivity (Wildman–Crippen MR) is 104 cm³/mol.